The average molecular weight is 263 g/mol. The van der Waals surface area contributed by atoms with Crippen LogP contribution in [0.3, 0.4) is 0 Å². The third-order valence-corrected chi connectivity index (χ3v) is 3.71. The third-order valence-electron chi connectivity index (χ3n) is 3.71. The summed E-state index contributed by atoms with van der Waals surface area (Å²) in [6.45, 7) is 1.86. The van der Waals surface area contributed by atoms with Crippen LogP contribution in [0, 0.1) is 5.92 Å². The molecule has 0 bridgehead atoms. The largest absolute Gasteiger partial charge is 0.393 e. The van der Waals surface area contributed by atoms with Gasteiger partial charge in [-0.2, -0.15) is 0 Å². The van der Waals surface area contributed by atoms with Gasteiger partial charge in [0.2, 0.25) is 5.91 Å². The summed E-state index contributed by atoms with van der Waals surface area (Å²) in [5, 5.41) is 15.8. The number of hydrogen-bond acceptors (Lipinski definition) is 3. The summed E-state index contributed by atoms with van der Waals surface area (Å²) >= 11 is 0. The highest BCUT2D eigenvalue weighted by molar-refractivity contribution is 5.85. The number of aliphatic hydroxyl groups is 1. The van der Waals surface area contributed by atoms with Gasteiger partial charge >= 0.3 is 0 Å². The molecule has 2 rings (SSSR count). The molecule has 1 atom stereocenters. The Hall–Kier alpha value is -0.320. The molecule has 0 aromatic heterocycles. The van der Waals surface area contributed by atoms with E-state index in [2.05, 4.69) is 10.6 Å². The van der Waals surface area contributed by atoms with Crippen molar-refractivity contribution in [3.8, 4) is 0 Å². The molecule has 0 radical (unpaired) electrons. The van der Waals surface area contributed by atoms with E-state index in [0.29, 0.717) is 0 Å². The second kappa shape index (κ2) is 7.19. The molecule has 2 aliphatic rings. The second-order valence-corrected chi connectivity index (χ2v) is 5.06. The number of hydrogen-bond donors (Lipinski definition) is 3. The van der Waals surface area contributed by atoms with Crippen molar-refractivity contribution in [3.63, 3.8) is 0 Å². The molecule has 1 aliphatic carbocycles. The van der Waals surface area contributed by atoms with Crippen molar-refractivity contribution in [1.29, 1.82) is 0 Å². The number of carbonyl (C=O) groups excluding carboxylic acids is 1. The minimum absolute atomic E-state index is 0. The van der Waals surface area contributed by atoms with Crippen molar-refractivity contribution < 1.29 is 9.90 Å². The molecule has 2 fully saturated rings. The topological polar surface area (TPSA) is 61.4 Å². The Morgan fingerprint density at radius 1 is 1.18 bits per heavy atom. The lowest BCUT2D eigenvalue weighted by Gasteiger charge is -2.29. The molecule has 0 aromatic carbocycles. The Bertz CT molecular complexity index is 237. The van der Waals surface area contributed by atoms with E-state index in [1.54, 1.807) is 0 Å². The highest BCUT2D eigenvalue weighted by Gasteiger charge is 2.25. The first-order valence-corrected chi connectivity index (χ1v) is 6.45. The summed E-state index contributed by atoms with van der Waals surface area (Å²) in [4.78, 5) is 11.9. The van der Waals surface area contributed by atoms with Crippen LogP contribution in [0.25, 0.3) is 0 Å². The van der Waals surface area contributed by atoms with Gasteiger partial charge < -0.3 is 15.7 Å². The number of nitrogens with one attached hydrogen (secondary N) is 2. The molecular formula is C12H23ClN2O2. The summed E-state index contributed by atoms with van der Waals surface area (Å²) in [6, 6.07) is 0.290. The van der Waals surface area contributed by atoms with E-state index < -0.39 is 0 Å². The monoisotopic (exact) mass is 262 g/mol. The van der Waals surface area contributed by atoms with Crippen LogP contribution in [0.1, 0.15) is 38.5 Å². The third kappa shape index (κ3) is 4.45. The first-order valence-electron chi connectivity index (χ1n) is 6.45. The van der Waals surface area contributed by atoms with Crippen LogP contribution in [-0.2, 0) is 4.79 Å². The molecule has 5 heteroatoms. The Morgan fingerprint density at radius 3 is 2.47 bits per heavy atom. The van der Waals surface area contributed by atoms with E-state index in [1.165, 1.54) is 0 Å². The summed E-state index contributed by atoms with van der Waals surface area (Å²) in [5.41, 5.74) is 0. The standard InChI is InChI=1S/C12H22N2O2.ClH/c15-11-5-3-10(4-6-11)14-12(16)9-2-1-7-13-8-9;/h9-11,13,15H,1-8H2,(H,14,16);1H. The molecular weight excluding hydrogens is 240 g/mol. The molecule has 1 amide bonds. The molecule has 1 saturated carbocycles. The number of piperidine rings is 1. The Balaban J connectivity index is 0.00000144. The highest BCUT2D eigenvalue weighted by atomic mass is 35.5. The number of amides is 1. The van der Waals surface area contributed by atoms with Crippen LogP contribution in [0.15, 0.2) is 0 Å². The smallest absolute Gasteiger partial charge is 0.224 e. The minimum Gasteiger partial charge on any atom is -0.393 e. The molecule has 1 saturated heterocycles. The Labute approximate surface area is 109 Å². The lowest BCUT2D eigenvalue weighted by atomic mass is 9.92. The van der Waals surface area contributed by atoms with E-state index in [-0.39, 0.29) is 36.4 Å². The van der Waals surface area contributed by atoms with Crippen molar-refractivity contribution in [2.75, 3.05) is 13.1 Å². The maximum absolute atomic E-state index is 11.9. The molecule has 100 valence electrons. The van der Waals surface area contributed by atoms with Gasteiger partial charge in [-0.3, -0.25) is 4.79 Å². The fourth-order valence-electron chi connectivity index (χ4n) is 2.61. The molecule has 3 N–H and O–H groups in total. The van der Waals surface area contributed by atoms with Crippen LogP contribution >= 0.6 is 12.4 Å². The van der Waals surface area contributed by atoms with Gasteiger partial charge in [-0.05, 0) is 45.1 Å². The number of halogens is 1. The van der Waals surface area contributed by atoms with Gasteiger partial charge in [-0.1, -0.05) is 0 Å². The normalized spacial score (nSPS) is 33.6. The van der Waals surface area contributed by atoms with E-state index in [0.717, 1.165) is 51.6 Å². The first kappa shape index (κ1) is 14.7. The van der Waals surface area contributed by atoms with E-state index in [9.17, 15) is 9.90 Å². The van der Waals surface area contributed by atoms with Crippen LogP contribution < -0.4 is 10.6 Å². The second-order valence-electron chi connectivity index (χ2n) is 5.06. The maximum atomic E-state index is 11.9. The van der Waals surface area contributed by atoms with Crippen molar-refractivity contribution in [2.45, 2.75) is 50.7 Å². The van der Waals surface area contributed by atoms with E-state index in [4.69, 9.17) is 0 Å². The molecule has 1 heterocycles. The van der Waals surface area contributed by atoms with Crippen LogP contribution in [-0.4, -0.2) is 36.2 Å². The van der Waals surface area contributed by atoms with Gasteiger partial charge in [0.05, 0.1) is 12.0 Å². The zero-order chi connectivity index (χ0) is 11.4. The highest BCUT2D eigenvalue weighted by Crippen LogP contribution is 2.19. The van der Waals surface area contributed by atoms with Crippen LogP contribution in [0.2, 0.25) is 0 Å². The minimum atomic E-state index is -0.149. The predicted molar refractivity (Wildman–Crippen MR) is 69.2 cm³/mol. The first-order chi connectivity index (χ1) is 7.75. The lowest BCUT2D eigenvalue weighted by Crippen LogP contribution is -2.45. The summed E-state index contributed by atoms with van der Waals surface area (Å²) in [5.74, 6) is 0.356. The number of carbonyl (C=O) groups is 1. The SMILES string of the molecule is Cl.O=C(NC1CCC(O)CC1)C1CCCNC1. The van der Waals surface area contributed by atoms with Crippen LogP contribution in [0.4, 0.5) is 0 Å². The molecule has 1 unspecified atom stereocenters. The number of aliphatic hydroxyl groups excluding tert-OH is 1. The fraction of sp³-hybridized carbons (Fsp3) is 0.917. The average Bonchev–Trinajstić information content (AvgIpc) is 2.33. The Morgan fingerprint density at radius 2 is 1.88 bits per heavy atom. The fourth-order valence-corrected chi connectivity index (χ4v) is 2.61. The van der Waals surface area contributed by atoms with Gasteiger partial charge in [0, 0.05) is 12.6 Å². The van der Waals surface area contributed by atoms with Crippen LogP contribution in [0.5, 0.6) is 0 Å². The summed E-state index contributed by atoms with van der Waals surface area (Å²) in [7, 11) is 0. The van der Waals surface area contributed by atoms with Crippen molar-refractivity contribution >= 4 is 18.3 Å². The quantitative estimate of drug-likeness (QED) is 0.691. The molecule has 1 aliphatic heterocycles. The van der Waals surface area contributed by atoms with Gasteiger partial charge in [0.1, 0.15) is 0 Å². The van der Waals surface area contributed by atoms with Gasteiger partial charge in [0.15, 0.2) is 0 Å². The molecule has 0 spiro atoms. The zero-order valence-electron chi connectivity index (χ0n) is 10.2. The zero-order valence-corrected chi connectivity index (χ0v) is 11.0. The van der Waals surface area contributed by atoms with Crippen molar-refractivity contribution in [3.05, 3.63) is 0 Å². The molecule has 4 nitrogen and oxygen atoms in total. The summed E-state index contributed by atoms with van der Waals surface area (Å²) in [6.07, 6.45) is 5.46. The number of rotatable bonds is 2. The van der Waals surface area contributed by atoms with Crippen molar-refractivity contribution in [1.82, 2.24) is 10.6 Å². The Kier molecular flexibility index (Phi) is 6.23. The molecule has 0 aromatic rings. The van der Waals surface area contributed by atoms with Gasteiger partial charge in [-0.25, -0.2) is 0 Å². The predicted octanol–water partition coefficient (Wildman–Crippen LogP) is 0.827. The van der Waals surface area contributed by atoms with E-state index in [1.807, 2.05) is 0 Å². The summed E-state index contributed by atoms with van der Waals surface area (Å²) < 4.78 is 0. The van der Waals surface area contributed by atoms with E-state index >= 15 is 0 Å². The molecule has 17 heavy (non-hydrogen) atoms. The maximum Gasteiger partial charge on any atom is 0.224 e. The van der Waals surface area contributed by atoms with Gasteiger partial charge in [-0.15, -0.1) is 12.4 Å². The lowest BCUT2D eigenvalue weighted by molar-refractivity contribution is -0.126. The van der Waals surface area contributed by atoms with Crippen molar-refractivity contribution in [2.24, 2.45) is 5.92 Å². The van der Waals surface area contributed by atoms with Gasteiger partial charge in [0.25, 0.3) is 0 Å².